The van der Waals surface area contributed by atoms with Crippen molar-refractivity contribution in [2.24, 2.45) is 0 Å². The van der Waals surface area contributed by atoms with Crippen LogP contribution in [0.2, 0.25) is 0 Å². The maximum Gasteiger partial charge on any atom is 0.153 e. The van der Waals surface area contributed by atoms with Crippen molar-refractivity contribution >= 4 is 0 Å². The highest BCUT2D eigenvalue weighted by Gasteiger charge is 2.17. The molecule has 0 spiro atoms. The molecule has 0 amide bonds. The van der Waals surface area contributed by atoms with Crippen LogP contribution < -0.4 is 4.74 Å². The Morgan fingerprint density at radius 1 is 1.17 bits per heavy atom. The first-order valence-electron chi connectivity index (χ1n) is 7.32. The molecule has 1 aromatic rings. The number of nitrogens with zero attached hydrogens (tertiary/aromatic N) is 3. The standard InChI is InChI=1S/C19H19N3O/c1-13-7-8-22(18(9-13)16(10-20)11-21)12-17-14(2)5-6-19(23-4)15(17)3/h5-9H,12H2,1-4H3. The molecule has 0 aliphatic carbocycles. The van der Waals surface area contributed by atoms with Crippen LogP contribution >= 0.6 is 0 Å². The molecule has 2 rings (SSSR count). The van der Waals surface area contributed by atoms with Crippen LogP contribution in [0.5, 0.6) is 5.75 Å². The highest BCUT2D eigenvalue weighted by molar-refractivity contribution is 5.50. The van der Waals surface area contributed by atoms with E-state index in [9.17, 15) is 10.5 Å². The Labute approximate surface area is 137 Å². The molecule has 0 unspecified atom stereocenters. The van der Waals surface area contributed by atoms with Gasteiger partial charge in [-0.15, -0.1) is 0 Å². The number of hydrogen-bond acceptors (Lipinski definition) is 4. The van der Waals surface area contributed by atoms with E-state index in [1.165, 1.54) is 0 Å². The normalized spacial score (nSPS) is 13.2. The van der Waals surface area contributed by atoms with E-state index in [1.54, 1.807) is 7.11 Å². The number of allylic oxidation sites excluding steroid dienone is 4. The molecule has 1 aliphatic rings. The molecule has 0 N–H and O–H groups in total. The van der Waals surface area contributed by atoms with Gasteiger partial charge in [0.1, 0.15) is 17.9 Å². The maximum absolute atomic E-state index is 9.21. The van der Waals surface area contributed by atoms with Crippen molar-refractivity contribution in [3.63, 3.8) is 0 Å². The van der Waals surface area contributed by atoms with Crippen molar-refractivity contribution in [1.82, 2.24) is 4.90 Å². The first-order chi connectivity index (χ1) is 11.0. The Balaban J connectivity index is 2.48. The summed E-state index contributed by atoms with van der Waals surface area (Å²) in [7, 11) is 1.66. The van der Waals surface area contributed by atoms with Crippen LogP contribution in [-0.4, -0.2) is 12.0 Å². The molecular weight excluding hydrogens is 286 g/mol. The lowest BCUT2D eigenvalue weighted by Gasteiger charge is -2.27. The summed E-state index contributed by atoms with van der Waals surface area (Å²) in [6, 6.07) is 7.94. The van der Waals surface area contributed by atoms with E-state index in [0.29, 0.717) is 12.2 Å². The van der Waals surface area contributed by atoms with Crippen LogP contribution in [0, 0.1) is 36.5 Å². The summed E-state index contributed by atoms with van der Waals surface area (Å²) in [5, 5.41) is 18.4. The van der Waals surface area contributed by atoms with Crippen molar-refractivity contribution in [3.05, 3.63) is 64.0 Å². The van der Waals surface area contributed by atoms with Gasteiger partial charge >= 0.3 is 0 Å². The van der Waals surface area contributed by atoms with Crippen LogP contribution in [-0.2, 0) is 6.54 Å². The predicted octanol–water partition coefficient (Wildman–Crippen LogP) is 3.89. The fourth-order valence-corrected chi connectivity index (χ4v) is 2.63. The van der Waals surface area contributed by atoms with Gasteiger partial charge in [-0.1, -0.05) is 6.07 Å². The second-order valence-corrected chi connectivity index (χ2v) is 5.50. The molecule has 0 radical (unpaired) electrons. The first kappa shape index (κ1) is 16.4. The molecule has 1 aliphatic heterocycles. The highest BCUT2D eigenvalue weighted by atomic mass is 16.5. The minimum Gasteiger partial charge on any atom is -0.496 e. The number of rotatable bonds is 3. The number of aryl methyl sites for hydroxylation is 1. The zero-order valence-corrected chi connectivity index (χ0v) is 13.8. The summed E-state index contributed by atoms with van der Waals surface area (Å²) in [6.07, 6.45) is 5.75. The molecular formula is C19H19N3O. The topological polar surface area (TPSA) is 60.0 Å². The van der Waals surface area contributed by atoms with Gasteiger partial charge in [-0.2, -0.15) is 10.5 Å². The van der Waals surface area contributed by atoms with E-state index in [4.69, 9.17) is 4.74 Å². The Morgan fingerprint density at radius 2 is 1.87 bits per heavy atom. The van der Waals surface area contributed by atoms with Crippen molar-refractivity contribution in [2.75, 3.05) is 7.11 Å². The fraction of sp³-hybridized carbons (Fsp3) is 0.263. The zero-order chi connectivity index (χ0) is 17.0. The molecule has 0 aromatic heterocycles. The molecule has 0 saturated carbocycles. The summed E-state index contributed by atoms with van der Waals surface area (Å²) in [5.74, 6) is 0.838. The molecule has 116 valence electrons. The summed E-state index contributed by atoms with van der Waals surface area (Å²) in [6.45, 7) is 6.60. The van der Waals surface area contributed by atoms with E-state index in [0.717, 1.165) is 28.0 Å². The van der Waals surface area contributed by atoms with Crippen molar-refractivity contribution in [3.8, 4) is 17.9 Å². The largest absolute Gasteiger partial charge is 0.496 e. The van der Waals surface area contributed by atoms with Gasteiger partial charge in [-0.05, 0) is 61.3 Å². The van der Waals surface area contributed by atoms with Gasteiger partial charge in [0.05, 0.1) is 12.8 Å². The lowest BCUT2D eigenvalue weighted by atomic mass is 10.00. The SMILES string of the molecule is COc1ccc(C)c(CN2C=CC(C)=CC2=C(C#N)C#N)c1C. The van der Waals surface area contributed by atoms with E-state index in [2.05, 4.69) is 6.92 Å². The third-order valence-electron chi connectivity index (χ3n) is 4.00. The van der Waals surface area contributed by atoms with Gasteiger partial charge < -0.3 is 9.64 Å². The van der Waals surface area contributed by atoms with Gasteiger partial charge in [0, 0.05) is 12.7 Å². The second kappa shape index (κ2) is 6.85. The van der Waals surface area contributed by atoms with E-state index in [1.807, 2.05) is 61.4 Å². The molecule has 0 fully saturated rings. The lowest BCUT2D eigenvalue weighted by Crippen LogP contribution is -2.20. The second-order valence-electron chi connectivity index (χ2n) is 5.50. The van der Waals surface area contributed by atoms with E-state index in [-0.39, 0.29) is 5.57 Å². The summed E-state index contributed by atoms with van der Waals surface area (Å²) in [5.41, 5.74) is 5.12. The van der Waals surface area contributed by atoms with Crippen LogP contribution in [0.1, 0.15) is 23.6 Å². The van der Waals surface area contributed by atoms with Crippen molar-refractivity contribution in [2.45, 2.75) is 27.3 Å². The van der Waals surface area contributed by atoms with Crippen LogP contribution in [0.4, 0.5) is 0 Å². The zero-order valence-electron chi connectivity index (χ0n) is 13.8. The minimum absolute atomic E-state index is 0.118. The number of hydrogen-bond donors (Lipinski definition) is 0. The minimum atomic E-state index is 0.118. The molecule has 4 nitrogen and oxygen atoms in total. The molecule has 23 heavy (non-hydrogen) atoms. The molecule has 1 heterocycles. The highest BCUT2D eigenvalue weighted by Crippen LogP contribution is 2.29. The molecule has 4 heteroatoms. The van der Waals surface area contributed by atoms with Crippen LogP contribution in [0.15, 0.2) is 47.3 Å². The van der Waals surface area contributed by atoms with Crippen molar-refractivity contribution in [1.29, 1.82) is 10.5 Å². The Kier molecular flexibility index (Phi) is 4.88. The first-order valence-corrected chi connectivity index (χ1v) is 7.32. The van der Waals surface area contributed by atoms with Gasteiger partial charge in [0.25, 0.3) is 0 Å². The summed E-state index contributed by atoms with van der Waals surface area (Å²) in [4.78, 5) is 1.93. The number of ether oxygens (including phenoxy) is 1. The number of methoxy groups -OCH3 is 1. The summed E-state index contributed by atoms with van der Waals surface area (Å²) >= 11 is 0. The maximum atomic E-state index is 9.21. The third-order valence-corrected chi connectivity index (χ3v) is 4.00. The van der Waals surface area contributed by atoms with Gasteiger partial charge in [-0.3, -0.25) is 0 Å². The Morgan fingerprint density at radius 3 is 2.48 bits per heavy atom. The van der Waals surface area contributed by atoms with E-state index < -0.39 is 0 Å². The smallest absolute Gasteiger partial charge is 0.153 e. The predicted molar refractivity (Wildman–Crippen MR) is 89.2 cm³/mol. The number of nitriles is 2. The van der Waals surface area contributed by atoms with Crippen LogP contribution in [0.25, 0.3) is 0 Å². The average molecular weight is 305 g/mol. The lowest BCUT2D eigenvalue weighted by molar-refractivity contribution is 0.407. The Hall–Kier alpha value is -2.98. The monoisotopic (exact) mass is 305 g/mol. The number of benzene rings is 1. The molecule has 0 atom stereocenters. The average Bonchev–Trinajstić information content (AvgIpc) is 2.54. The van der Waals surface area contributed by atoms with Crippen molar-refractivity contribution < 1.29 is 4.74 Å². The summed E-state index contributed by atoms with van der Waals surface area (Å²) < 4.78 is 5.40. The van der Waals surface area contributed by atoms with Gasteiger partial charge in [-0.25, -0.2) is 0 Å². The molecule has 1 aromatic carbocycles. The Bertz CT molecular complexity index is 785. The van der Waals surface area contributed by atoms with Gasteiger partial charge in [0.2, 0.25) is 0 Å². The third kappa shape index (κ3) is 3.27. The quantitative estimate of drug-likeness (QED) is 0.795. The van der Waals surface area contributed by atoms with Crippen LogP contribution in [0.3, 0.4) is 0 Å². The molecule has 0 bridgehead atoms. The molecule has 0 saturated heterocycles. The van der Waals surface area contributed by atoms with Gasteiger partial charge in [0.15, 0.2) is 5.57 Å². The van der Waals surface area contributed by atoms with E-state index >= 15 is 0 Å². The fourth-order valence-electron chi connectivity index (χ4n) is 2.63.